The number of carbonyl (C=O) groups is 1. The third kappa shape index (κ3) is 3.80. The average Bonchev–Trinajstić information content (AvgIpc) is 2.76. The molecule has 1 aromatic carbocycles. The maximum absolute atomic E-state index is 12.2. The van der Waals surface area contributed by atoms with Gasteiger partial charge in [0, 0.05) is 27.6 Å². The fraction of sp³-hybridized carbons (Fsp3) is 0.500. The molecule has 19 heavy (non-hydrogen) atoms. The Kier molecular flexibility index (Phi) is 4.99. The van der Waals surface area contributed by atoms with Crippen LogP contribution in [0, 0.1) is 0 Å². The van der Waals surface area contributed by atoms with E-state index in [1.165, 1.54) is 12.8 Å². The van der Waals surface area contributed by atoms with Crippen LogP contribution in [0.5, 0.6) is 0 Å². The van der Waals surface area contributed by atoms with Crippen LogP contribution < -0.4 is 11.1 Å². The van der Waals surface area contributed by atoms with Crippen molar-refractivity contribution in [1.29, 1.82) is 0 Å². The molecule has 3 N–H and O–H groups in total. The van der Waals surface area contributed by atoms with Gasteiger partial charge in [-0.05, 0) is 36.8 Å². The molecule has 1 fully saturated rings. The van der Waals surface area contributed by atoms with Crippen molar-refractivity contribution in [2.75, 3.05) is 11.5 Å². The van der Waals surface area contributed by atoms with Gasteiger partial charge >= 0.3 is 0 Å². The topological polar surface area (TPSA) is 55.1 Å². The molecule has 0 radical (unpaired) electrons. The predicted octanol–water partition coefficient (Wildman–Crippen LogP) is 3.33. The van der Waals surface area contributed by atoms with Crippen molar-refractivity contribution < 1.29 is 4.79 Å². The maximum Gasteiger partial charge on any atom is 0.251 e. The minimum atomic E-state index is -0.0807. The average molecular weight is 299 g/mol. The number of halogens is 1. The number of nitrogens with one attached hydrogen (secondary N) is 1. The number of hydrogen-bond donors (Lipinski definition) is 2. The summed E-state index contributed by atoms with van der Waals surface area (Å²) in [6.07, 6.45) is 3.42. The number of anilines is 1. The molecule has 0 bridgehead atoms. The van der Waals surface area contributed by atoms with Gasteiger partial charge in [0.2, 0.25) is 0 Å². The molecule has 0 saturated heterocycles. The van der Waals surface area contributed by atoms with E-state index in [4.69, 9.17) is 17.3 Å². The second-order valence-corrected chi connectivity index (χ2v) is 6.73. The molecule has 2 atom stereocenters. The zero-order chi connectivity index (χ0) is 13.8. The fourth-order valence-electron chi connectivity index (χ4n) is 2.50. The van der Waals surface area contributed by atoms with Gasteiger partial charge in [0.1, 0.15) is 0 Å². The largest absolute Gasteiger partial charge is 0.399 e. The van der Waals surface area contributed by atoms with Crippen LogP contribution >= 0.6 is 23.4 Å². The summed E-state index contributed by atoms with van der Waals surface area (Å²) in [4.78, 5) is 12.2. The number of hydrogen-bond acceptors (Lipinski definition) is 3. The third-order valence-electron chi connectivity index (χ3n) is 3.33. The first-order chi connectivity index (χ1) is 9.10. The van der Waals surface area contributed by atoms with E-state index in [0.29, 0.717) is 21.5 Å². The van der Waals surface area contributed by atoms with Crippen LogP contribution in [-0.4, -0.2) is 23.0 Å². The minimum absolute atomic E-state index is 0.0807. The summed E-state index contributed by atoms with van der Waals surface area (Å²) >= 11 is 7.85. The molecule has 1 aliphatic rings. The zero-order valence-corrected chi connectivity index (χ0v) is 12.6. The van der Waals surface area contributed by atoms with Crippen molar-refractivity contribution >= 4 is 35.0 Å². The molecule has 2 unspecified atom stereocenters. The second-order valence-electron chi connectivity index (χ2n) is 4.78. The molecule has 0 aliphatic heterocycles. The zero-order valence-electron chi connectivity index (χ0n) is 11.0. The molecule has 5 heteroatoms. The Bertz CT molecular complexity index is 447. The summed E-state index contributed by atoms with van der Waals surface area (Å²) in [6.45, 7) is 2.15. The molecule has 1 amide bonds. The highest BCUT2D eigenvalue weighted by Crippen LogP contribution is 2.30. The van der Waals surface area contributed by atoms with Gasteiger partial charge in [-0.1, -0.05) is 24.9 Å². The minimum Gasteiger partial charge on any atom is -0.399 e. The van der Waals surface area contributed by atoms with E-state index >= 15 is 0 Å². The van der Waals surface area contributed by atoms with Crippen LogP contribution in [0.4, 0.5) is 5.69 Å². The van der Waals surface area contributed by atoms with Crippen molar-refractivity contribution in [2.45, 2.75) is 37.5 Å². The van der Waals surface area contributed by atoms with Gasteiger partial charge in [0.15, 0.2) is 0 Å². The number of benzene rings is 1. The van der Waals surface area contributed by atoms with Crippen LogP contribution in [0.25, 0.3) is 0 Å². The quantitative estimate of drug-likeness (QED) is 0.838. The first-order valence-corrected chi connectivity index (χ1v) is 8.01. The van der Waals surface area contributed by atoms with Gasteiger partial charge in [0.05, 0.1) is 0 Å². The smallest absolute Gasteiger partial charge is 0.251 e. The van der Waals surface area contributed by atoms with E-state index in [1.54, 1.807) is 18.2 Å². The standard InChI is InChI=1S/C14H19ClN2OS/c1-2-19-13-5-3-4-12(13)17-14(18)9-6-10(15)8-11(16)7-9/h6-8,12-13H,2-5,16H2,1H3,(H,17,18). The van der Waals surface area contributed by atoms with Gasteiger partial charge < -0.3 is 11.1 Å². The SMILES string of the molecule is CCSC1CCCC1NC(=O)c1cc(N)cc(Cl)c1. The van der Waals surface area contributed by atoms with Gasteiger partial charge in [-0.2, -0.15) is 11.8 Å². The highest BCUT2D eigenvalue weighted by Gasteiger charge is 2.28. The Morgan fingerprint density at radius 1 is 1.47 bits per heavy atom. The fourth-order valence-corrected chi connectivity index (χ4v) is 3.94. The molecule has 0 spiro atoms. The van der Waals surface area contributed by atoms with Crippen molar-refractivity contribution in [2.24, 2.45) is 0 Å². The molecule has 0 aromatic heterocycles. The van der Waals surface area contributed by atoms with E-state index in [0.717, 1.165) is 12.2 Å². The Balaban J connectivity index is 2.04. The maximum atomic E-state index is 12.2. The molecule has 104 valence electrons. The van der Waals surface area contributed by atoms with Gasteiger partial charge in [-0.3, -0.25) is 4.79 Å². The van der Waals surface area contributed by atoms with Crippen LogP contribution in [0.1, 0.15) is 36.5 Å². The lowest BCUT2D eigenvalue weighted by molar-refractivity contribution is 0.0938. The lowest BCUT2D eigenvalue weighted by Crippen LogP contribution is -2.38. The number of nitrogens with two attached hydrogens (primary N) is 1. The molecule has 0 heterocycles. The highest BCUT2D eigenvalue weighted by atomic mass is 35.5. The highest BCUT2D eigenvalue weighted by molar-refractivity contribution is 7.99. The van der Waals surface area contributed by atoms with Gasteiger partial charge in [0.25, 0.3) is 5.91 Å². The van der Waals surface area contributed by atoms with Crippen LogP contribution in [0.15, 0.2) is 18.2 Å². The summed E-state index contributed by atoms with van der Waals surface area (Å²) in [6, 6.07) is 5.23. The Morgan fingerprint density at radius 3 is 2.95 bits per heavy atom. The number of amides is 1. The lowest BCUT2D eigenvalue weighted by Gasteiger charge is -2.20. The molecule has 1 aromatic rings. The van der Waals surface area contributed by atoms with Crippen molar-refractivity contribution in [3.63, 3.8) is 0 Å². The van der Waals surface area contributed by atoms with Crippen LogP contribution in [0.3, 0.4) is 0 Å². The normalized spacial score (nSPS) is 22.4. The Hall–Kier alpha value is -0.870. The van der Waals surface area contributed by atoms with E-state index in [1.807, 2.05) is 11.8 Å². The number of thioether (sulfide) groups is 1. The van der Waals surface area contributed by atoms with Crippen molar-refractivity contribution in [3.8, 4) is 0 Å². The number of carbonyl (C=O) groups excluding carboxylic acids is 1. The first-order valence-electron chi connectivity index (χ1n) is 6.58. The van der Waals surface area contributed by atoms with Crippen LogP contribution in [-0.2, 0) is 0 Å². The van der Waals surface area contributed by atoms with E-state index in [-0.39, 0.29) is 11.9 Å². The van der Waals surface area contributed by atoms with Gasteiger partial charge in [-0.25, -0.2) is 0 Å². The molecule has 1 saturated carbocycles. The molecule has 2 rings (SSSR count). The second kappa shape index (κ2) is 6.53. The summed E-state index contributed by atoms with van der Waals surface area (Å²) in [5.74, 6) is 1.00. The summed E-state index contributed by atoms with van der Waals surface area (Å²) < 4.78 is 0. The van der Waals surface area contributed by atoms with E-state index < -0.39 is 0 Å². The van der Waals surface area contributed by atoms with Crippen LogP contribution in [0.2, 0.25) is 5.02 Å². The molecule has 1 aliphatic carbocycles. The molecule has 3 nitrogen and oxygen atoms in total. The monoisotopic (exact) mass is 298 g/mol. The Labute approximate surface area is 123 Å². The van der Waals surface area contributed by atoms with E-state index in [9.17, 15) is 4.79 Å². The predicted molar refractivity (Wildman–Crippen MR) is 82.9 cm³/mol. The van der Waals surface area contributed by atoms with Crippen molar-refractivity contribution in [1.82, 2.24) is 5.32 Å². The van der Waals surface area contributed by atoms with Crippen molar-refractivity contribution in [3.05, 3.63) is 28.8 Å². The molecular weight excluding hydrogens is 280 g/mol. The summed E-state index contributed by atoms with van der Waals surface area (Å²) in [5, 5.41) is 4.14. The summed E-state index contributed by atoms with van der Waals surface area (Å²) in [5.41, 5.74) is 6.77. The number of rotatable bonds is 4. The van der Waals surface area contributed by atoms with E-state index in [2.05, 4.69) is 12.2 Å². The number of nitrogen functional groups attached to an aromatic ring is 1. The Morgan fingerprint density at radius 2 is 2.26 bits per heavy atom. The lowest BCUT2D eigenvalue weighted by atomic mass is 10.1. The third-order valence-corrected chi connectivity index (χ3v) is 4.88. The molecular formula is C14H19ClN2OS. The summed E-state index contributed by atoms with van der Waals surface area (Å²) in [7, 11) is 0. The van der Waals surface area contributed by atoms with Gasteiger partial charge in [-0.15, -0.1) is 0 Å². The first kappa shape index (κ1) is 14.5.